The lowest BCUT2D eigenvalue weighted by Gasteiger charge is -2.24. The zero-order chi connectivity index (χ0) is 17.8. The van der Waals surface area contributed by atoms with E-state index in [4.69, 9.17) is 21.2 Å². The van der Waals surface area contributed by atoms with Gasteiger partial charge in [-0.15, -0.1) is 0 Å². The summed E-state index contributed by atoms with van der Waals surface area (Å²) in [7, 11) is 1.50. The number of hydrogen-bond donors (Lipinski definition) is 2. The van der Waals surface area contributed by atoms with Gasteiger partial charge >= 0.3 is 0 Å². The summed E-state index contributed by atoms with van der Waals surface area (Å²) in [6.45, 7) is 7.00. The number of hydrogen-bond acceptors (Lipinski definition) is 4. The molecular formula is C18H27ClN2O3. The van der Waals surface area contributed by atoms with Crippen molar-refractivity contribution < 1.29 is 14.4 Å². The number of rotatable bonds is 6. The van der Waals surface area contributed by atoms with Crippen molar-refractivity contribution in [1.82, 2.24) is 10.8 Å². The number of halogens is 1. The number of carbonyl (C=O) groups is 1. The van der Waals surface area contributed by atoms with Crippen molar-refractivity contribution in [1.29, 1.82) is 0 Å². The van der Waals surface area contributed by atoms with Crippen LogP contribution in [-0.2, 0) is 20.9 Å². The minimum Gasteiger partial charge on any atom is -0.347 e. The molecule has 0 unspecified atom stereocenters. The molecule has 0 bridgehead atoms. The summed E-state index contributed by atoms with van der Waals surface area (Å²) < 4.78 is 5.41. The van der Waals surface area contributed by atoms with Crippen LogP contribution in [0.2, 0.25) is 5.02 Å². The molecule has 0 saturated carbocycles. The standard InChI is InChI=1S/C18H27ClN2O3/c1-17(2,3)10-9-15-11-18(23-4,24-21-15)16(22)20-12-13-5-7-14(19)8-6-13/h5-8,15,21H,9-12H2,1-4H3,(H,20,22)/t15-,18+/m0/s1. The van der Waals surface area contributed by atoms with Crippen LogP contribution in [0.25, 0.3) is 0 Å². The smallest absolute Gasteiger partial charge is 0.282 e. The van der Waals surface area contributed by atoms with Crippen LogP contribution in [0.15, 0.2) is 24.3 Å². The Bertz CT molecular complexity index is 556. The van der Waals surface area contributed by atoms with Crippen LogP contribution in [0.5, 0.6) is 0 Å². The van der Waals surface area contributed by atoms with Crippen LogP contribution in [0.4, 0.5) is 0 Å². The van der Waals surface area contributed by atoms with E-state index in [1.165, 1.54) is 7.11 Å². The Morgan fingerprint density at radius 1 is 1.42 bits per heavy atom. The Balaban J connectivity index is 1.90. The van der Waals surface area contributed by atoms with E-state index in [0.717, 1.165) is 18.4 Å². The molecule has 1 saturated heterocycles. The van der Waals surface area contributed by atoms with E-state index in [9.17, 15) is 4.79 Å². The number of benzene rings is 1. The van der Waals surface area contributed by atoms with Gasteiger partial charge in [0.25, 0.3) is 11.7 Å². The van der Waals surface area contributed by atoms with E-state index in [2.05, 4.69) is 31.6 Å². The van der Waals surface area contributed by atoms with Crippen molar-refractivity contribution in [2.45, 2.75) is 58.4 Å². The van der Waals surface area contributed by atoms with E-state index in [1.807, 2.05) is 12.1 Å². The lowest BCUT2D eigenvalue weighted by atomic mass is 9.87. The molecule has 0 spiro atoms. The summed E-state index contributed by atoms with van der Waals surface area (Å²) in [5, 5.41) is 3.54. The molecule has 2 N–H and O–H groups in total. The maximum atomic E-state index is 12.6. The molecule has 6 heteroatoms. The van der Waals surface area contributed by atoms with Gasteiger partial charge in [-0.1, -0.05) is 44.5 Å². The van der Waals surface area contributed by atoms with Gasteiger partial charge in [-0.25, -0.2) is 0 Å². The largest absolute Gasteiger partial charge is 0.347 e. The van der Waals surface area contributed by atoms with Gasteiger partial charge in [-0.3, -0.25) is 9.63 Å². The molecule has 1 fully saturated rings. The van der Waals surface area contributed by atoms with Gasteiger partial charge in [-0.2, -0.15) is 5.48 Å². The number of methoxy groups -OCH3 is 1. The molecule has 1 aliphatic heterocycles. The quantitative estimate of drug-likeness (QED) is 0.821. The predicted octanol–water partition coefficient (Wildman–Crippen LogP) is 3.42. The minimum atomic E-state index is -1.27. The number of hydroxylamine groups is 1. The second kappa shape index (κ2) is 7.83. The lowest BCUT2D eigenvalue weighted by Crippen LogP contribution is -2.48. The third-order valence-corrected chi connectivity index (χ3v) is 4.44. The van der Waals surface area contributed by atoms with Crippen molar-refractivity contribution in [3.63, 3.8) is 0 Å². The number of carbonyl (C=O) groups excluding carboxylic acids is 1. The zero-order valence-electron chi connectivity index (χ0n) is 14.8. The van der Waals surface area contributed by atoms with Gasteiger partial charge in [0.2, 0.25) is 0 Å². The van der Waals surface area contributed by atoms with E-state index in [0.29, 0.717) is 18.0 Å². The zero-order valence-corrected chi connectivity index (χ0v) is 15.6. The normalized spacial score (nSPS) is 24.1. The lowest BCUT2D eigenvalue weighted by molar-refractivity contribution is -0.218. The van der Waals surface area contributed by atoms with Gasteiger partial charge < -0.3 is 10.1 Å². The van der Waals surface area contributed by atoms with Crippen molar-refractivity contribution in [3.05, 3.63) is 34.9 Å². The Morgan fingerprint density at radius 2 is 2.08 bits per heavy atom. The van der Waals surface area contributed by atoms with Gasteiger partial charge in [0.05, 0.1) is 0 Å². The van der Waals surface area contributed by atoms with Gasteiger partial charge in [0.15, 0.2) is 0 Å². The minimum absolute atomic E-state index is 0.102. The van der Waals surface area contributed by atoms with E-state index >= 15 is 0 Å². The predicted molar refractivity (Wildman–Crippen MR) is 94.4 cm³/mol. The van der Waals surface area contributed by atoms with Crippen molar-refractivity contribution in [2.75, 3.05) is 7.11 Å². The first-order valence-electron chi connectivity index (χ1n) is 8.25. The number of nitrogens with one attached hydrogen (secondary N) is 2. The molecule has 2 atom stereocenters. The maximum Gasteiger partial charge on any atom is 0.282 e. The van der Waals surface area contributed by atoms with Crippen LogP contribution in [0, 0.1) is 5.41 Å². The van der Waals surface area contributed by atoms with Crippen LogP contribution in [0.3, 0.4) is 0 Å². The Labute approximate surface area is 149 Å². The molecule has 1 aromatic rings. The van der Waals surface area contributed by atoms with Crippen LogP contribution in [0.1, 0.15) is 45.6 Å². The van der Waals surface area contributed by atoms with Crippen LogP contribution < -0.4 is 10.8 Å². The molecule has 5 nitrogen and oxygen atoms in total. The highest BCUT2D eigenvalue weighted by Gasteiger charge is 2.47. The maximum absolute atomic E-state index is 12.6. The first-order chi connectivity index (χ1) is 11.2. The summed E-state index contributed by atoms with van der Waals surface area (Å²) in [6.07, 6.45) is 2.46. The fourth-order valence-corrected chi connectivity index (χ4v) is 2.76. The second-order valence-corrected chi connectivity index (χ2v) is 7.92. The third-order valence-electron chi connectivity index (χ3n) is 4.19. The summed E-state index contributed by atoms with van der Waals surface area (Å²) in [4.78, 5) is 18.1. The summed E-state index contributed by atoms with van der Waals surface area (Å²) in [5.74, 6) is -1.54. The summed E-state index contributed by atoms with van der Waals surface area (Å²) in [5.41, 5.74) is 4.17. The van der Waals surface area contributed by atoms with Gasteiger partial charge in [0.1, 0.15) is 0 Å². The topological polar surface area (TPSA) is 59.6 Å². The Kier molecular flexibility index (Phi) is 6.26. The first-order valence-corrected chi connectivity index (χ1v) is 8.63. The van der Waals surface area contributed by atoms with Gasteiger partial charge in [-0.05, 0) is 36.0 Å². The molecule has 2 rings (SSSR count). The number of amides is 1. The average molecular weight is 355 g/mol. The Hall–Kier alpha value is -1.14. The van der Waals surface area contributed by atoms with E-state index in [-0.39, 0.29) is 17.4 Å². The molecule has 1 aliphatic rings. The molecule has 24 heavy (non-hydrogen) atoms. The second-order valence-electron chi connectivity index (χ2n) is 7.49. The van der Waals surface area contributed by atoms with Crippen molar-refractivity contribution in [3.8, 4) is 0 Å². The molecule has 0 aromatic heterocycles. The highest BCUT2D eigenvalue weighted by Crippen LogP contribution is 2.30. The third kappa shape index (κ3) is 5.18. The van der Waals surface area contributed by atoms with Crippen molar-refractivity contribution in [2.24, 2.45) is 5.41 Å². The summed E-state index contributed by atoms with van der Waals surface area (Å²) in [6, 6.07) is 7.45. The van der Waals surface area contributed by atoms with Crippen LogP contribution >= 0.6 is 11.6 Å². The highest BCUT2D eigenvalue weighted by atomic mass is 35.5. The summed E-state index contributed by atoms with van der Waals surface area (Å²) >= 11 is 5.86. The number of ether oxygens (including phenoxy) is 1. The Morgan fingerprint density at radius 3 is 2.67 bits per heavy atom. The fraction of sp³-hybridized carbons (Fsp3) is 0.611. The van der Waals surface area contributed by atoms with Crippen molar-refractivity contribution >= 4 is 17.5 Å². The molecule has 1 heterocycles. The van der Waals surface area contributed by atoms with Crippen LogP contribution in [-0.4, -0.2) is 24.8 Å². The average Bonchev–Trinajstić information content (AvgIpc) is 2.96. The molecular weight excluding hydrogens is 328 g/mol. The van der Waals surface area contributed by atoms with E-state index in [1.54, 1.807) is 12.1 Å². The van der Waals surface area contributed by atoms with Gasteiger partial charge in [0, 0.05) is 31.1 Å². The first kappa shape index (κ1) is 19.2. The monoisotopic (exact) mass is 354 g/mol. The molecule has 134 valence electrons. The highest BCUT2D eigenvalue weighted by molar-refractivity contribution is 6.30. The molecule has 1 amide bonds. The molecule has 0 radical (unpaired) electrons. The van der Waals surface area contributed by atoms with E-state index < -0.39 is 5.79 Å². The molecule has 1 aromatic carbocycles. The molecule has 0 aliphatic carbocycles. The fourth-order valence-electron chi connectivity index (χ4n) is 2.63. The SMILES string of the molecule is CO[C@]1(C(=O)NCc2ccc(Cl)cc2)C[C@H](CCC(C)(C)C)NO1.